The van der Waals surface area contributed by atoms with E-state index in [4.69, 9.17) is 10.7 Å². The van der Waals surface area contributed by atoms with E-state index in [1.165, 1.54) is 11.1 Å². The van der Waals surface area contributed by atoms with E-state index in [-0.39, 0.29) is 6.03 Å². The molecule has 1 aliphatic rings. The van der Waals surface area contributed by atoms with Gasteiger partial charge in [0.2, 0.25) is 0 Å². The summed E-state index contributed by atoms with van der Waals surface area (Å²) >= 11 is 0. The zero-order valence-electron chi connectivity index (χ0n) is 13.7. The van der Waals surface area contributed by atoms with E-state index in [0.29, 0.717) is 6.54 Å². The lowest BCUT2D eigenvalue weighted by atomic mass is 10.1. The lowest BCUT2D eigenvalue weighted by Crippen LogP contribution is -2.38. The van der Waals surface area contributed by atoms with Crippen LogP contribution >= 0.6 is 0 Å². The average molecular weight is 312 g/mol. The number of urea groups is 1. The maximum absolute atomic E-state index is 11.4. The molecule has 5 heteroatoms. The molecule has 0 atom stereocenters. The Morgan fingerprint density at radius 1 is 1.22 bits per heavy atom. The Bertz CT molecular complexity index is 700. The van der Waals surface area contributed by atoms with Gasteiger partial charge < -0.3 is 15.5 Å². The van der Waals surface area contributed by atoms with Crippen LogP contribution in [0.2, 0.25) is 0 Å². The molecule has 0 spiro atoms. The SMILES string of the molecule is CCCc1cc(N2CCCN(C(N)=O)CC2)c2ccccc2n1. The maximum atomic E-state index is 11.4. The summed E-state index contributed by atoms with van der Waals surface area (Å²) in [5, 5.41) is 1.18. The van der Waals surface area contributed by atoms with Gasteiger partial charge in [-0.25, -0.2) is 4.79 Å². The van der Waals surface area contributed by atoms with E-state index in [9.17, 15) is 4.79 Å². The number of para-hydroxylation sites is 1. The first-order valence-corrected chi connectivity index (χ1v) is 8.37. The van der Waals surface area contributed by atoms with Gasteiger partial charge in [0.15, 0.2) is 0 Å². The van der Waals surface area contributed by atoms with E-state index >= 15 is 0 Å². The minimum absolute atomic E-state index is 0.321. The van der Waals surface area contributed by atoms with Crippen molar-refractivity contribution in [2.24, 2.45) is 5.73 Å². The van der Waals surface area contributed by atoms with Crippen LogP contribution in [-0.2, 0) is 6.42 Å². The molecule has 1 fully saturated rings. The number of carbonyl (C=O) groups is 1. The number of hydrogen-bond donors (Lipinski definition) is 1. The van der Waals surface area contributed by atoms with Crippen LogP contribution in [0.4, 0.5) is 10.5 Å². The summed E-state index contributed by atoms with van der Waals surface area (Å²) in [5.74, 6) is 0. The van der Waals surface area contributed by atoms with Gasteiger partial charge in [0.05, 0.1) is 5.52 Å². The summed E-state index contributed by atoms with van der Waals surface area (Å²) in [6.45, 7) is 5.32. The Kier molecular flexibility index (Phi) is 4.65. The Balaban J connectivity index is 1.96. The van der Waals surface area contributed by atoms with Crippen LogP contribution in [0.1, 0.15) is 25.5 Å². The first kappa shape index (κ1) is 15.6. The Morgan fingerprint density at radius 2 is 2.04 bits per heavy atom. The van der Waals surface area contributed by atoms with Crippen LogP contribution in [0.3, 0.4) is 0 Å². The van der Waals surface area contributed by atoms with Gasteiger partial charge in [0.1, 0.15) is 0 Å². The zero-order valence-corrected chi connectivity index (χ0v) is 13.7. The van der Waals surface area contributed by atoms with E-state index in [0.717, 1.165) is 50.1 Å². The van der Waals surface area contributed by atoms with Crippen LogP contribution in [-0.4, -0.2) is 42.1 Å². The predicted molar refractivity (Wildman–Crippen MR) is 93.7 cm³/mol. The van der Waals surface area contributed by atoms with Gasteiger partial charge in [-0.3, -0.25) is 4.98 Å². The quantitative estimate of drug-likeness (QED) is 0.948. The number of nitrogens with two attached hydrogens (primary N) is 1. The van der Waals surface area contributed by atoms with Gasteiger partial charge >= 0.3 is 6.03 Å². The van der Waals surface area contributed by atoms with Crippen LogP contribution in [0, 0.1) is 0 Å². The second kappa shape index (κ2) is 6.86. The number of anilines is 1. The van der Waals surface area contributed by atoms with E-state index in [1.807, 2.05) is 6.07 Å². The third-order valence-electron chi connectivity index (χ3n) is 4.40. The molecule has 0 aliphatic carbocycles. The number of benzene rings is 1. The van der Waals surface area contributed by atoms with Crippen molar-refractivity contribution in [1.82, 2.24) is 9.88 Å². The number of aromatic nitrogens is 1. The maximum Gasteiger partial charge on any atom is 0.314 e. The highest BCUT2D eigenvalue weighted by Gasteiger charge is 2.19. The van der Waals surface area contributed by atoms with E-state index in [2.05, 4.69) is 36.1 Å². The molecular weight excluding hydrogens is 288 g/mol. The van der Waals surface area contributed by atoms with Crippen molar-refractivity contribution in [3.8, 4) is 0 Å². The monoisotopic (exact) mass is 312 g/mol. The third-order valence-corrected chi connectivity index (χ3v) is 4.40. The number of fused-ring (bicyclic) bond motifs is 1. The standard InChI is InChI=1S/C18H24N4O/c1-2-6-14-13-17(15-7-3-4-8-16(15)20-14)21-9-5-10-22(12-11-21)18(19)23/h3-4,7-8,13H,2,5-6,9-12H2,1H3,(H2,19,23). The van der Waals surface area contributed by atoms with Gasteiger partial charge in [0, 0.05) is 42.9 Å². The number of nitrogens with zero attached hydrogens (tertiary/aromatic N) is 3. The fraction of sp³-hybridized carbons (Fsp3) is 0.444. The Labute approximate surface area is 137 Å². The first-order chi connectivity index (χ1) is 11.2. The van der Waals surface area contributed by atoms with Crippen molar-refractivity contribution in [3.63, 3.8) is 0 Å². The fourth-order valence-corrected chi connectivity index (χ4v) is 3.23. The number of rotatable bonds is 3. The largest absolute Gasteiger partial charge is 0.369 e. The minimum Gasteiger partial charge on any atom is -0.369 e. The molecule has 2 heterocycles. The molecule has 0 saturated carbocycles. The summed E-state index contributed by atoms with van der Waals surface area (Å²) in [7, 11) is 0. The molecule has 2 N–H and O–H groups in total. The molecule has 1 aliphatic heterocycles. The van der Waals surface area contributed by atoms with Gasteiger partial charge in [-0.2, -0.15) is 0 Å². The molecule has 2 amide bonds. The number of pyridine rings is 1. The third kappa shape index (κ3) is 3.38. The molecule has 0 unspecified atom stereocenters. The Hall–Kier alpha value is -2.30. The molecule has 2 aromatic rings. The molecule has 1 aromatic carbocycles. The summed E-state index contributed by atoms with van der Waals surface area (Å²) in [4.78, 5) is 20.3. The molecule has 0 radical (unpaired) electrons. The highest BCUT2D eigenvalue weighted by Crippen LogP contribution is 2.28. The summed E-state index contributed by atoms with van der Waals surface area (Å²) in [5.41, 5.74) is 8.84. The lowest BCUT2D eigenvalue weighted by Gasteiger charge is -2.25. The first-order valence-electron chi connectivity index (χ1n) is 8.37. The fourth-order valence-electron chi connectivity index (χ4n) is 3.23. The van der Waals surface area contributed by atoms with Crippen molar-refractivity contribution in [2.75, 3.05) is 31.1 Å². The second-order valence-electron chi connectivity index (χ2n) is 6.07. The van der Waals surface area contributed by atoms with Gasteiger partial charge in [-0.05, 0) is 25.0 Å². The minimum atomic E-state index is -0.321. The van der Waals surface area contributed by atoms with Crippen molar-refractivity contribution < 1.29 is 4.79 Å². The number of aryl methyl sites for hydroxylation is 1. The van der Waals surface area contributed by atoms with Gasteiger partial charge in [-0.15, -0.1) is 0 Å². The van der Waals surface area contributed by atoms with Crippen LogP contribution < -0.4 is 10.6 Å². The van der Waals surface area contributed by atoms with Crippen molar-refractivity contribution in [3.05, 3.63) is 36.0 Å². The molecule has 1 saturated heterocycles. The summed E-state index contributed by atoms with van der Waals surface area (Å²) < 4.78 is 0. The van der Waals surface area contributed by atoms with E-state index < -0.39 is 0 Å². The predicted octanol–water partition coefficient (Wildman–Crippen LogP) is 2.78. The lowest BCUT2D eigenvalue weighted by molar-refractivity contribution is 0.211. The van der Waals surface area contributed by atoms with Gasteiger partial charge in [-0.1, -0.05) is 31.5 Å². The Morgan fingerprint density at radius 3 is 2.83 bits per heavy atom. The molecule has 0 bridgehead atoms. The number of amides is 2. The van der Waals surface area contributed by atoms with Gasteiger partial charge in [0.25, 0.3) is 0 Å². The van der Waals surface area contributed by atoms with Crippen LogP contribution in [0.15, 0.2) is 30.3 Å². The van der Waals surface area contributed by atoms with Crippen LogP contribution in [0.25, 0.3) is 10.9 Å². The molecule has 122 valence electrons. The highest BCUT2D eigenvalue weighted by molar-refractivity contribution is 5.92. The van der Waals surface area contributed by atoms with Crippen molar-refractivity contribution >= 4 is 22.6 Å². The van der Waals surface area contributed by atoms with Crippen LogP contribution in [0.5, 0.6) is 0 Å². The summed E-state index contributed by atoms with van der Waals surface area (Å²) in [6, 6.07) is 10.2. The number of carbonyl (C=O) groups excluding carboxylic acids is 1. The molecule has 3 rings (SSSR count). The average Bonchev–Trinajstić information content (AvgIpc) is 2.80. The number of hydrogen-bond acceptors (Lipinski definition) is 3. The molecular formula is C18H24N4O. The highest BCUT2D eigenvalue weighted by atomic mass is 16.2. The smallest absolute Gasteiger partial charge is 0.314 e. The number of primary amides is 1. The van der Waals surface area contributed by atoms with Crippen molar-refractivity contribution in [2.45, 2.75) is 26.2 Å². The summed E-state index contributed by atoms with van der Waals surface area (Å²) in [6.07, 6.45) is 3.00. The zero-order chi connectivity index (χ0) is 16.2. The topological polar surface area (TPSA) is 62.5 Å². The molecule has 5 nitrogen and oxygen atoms in total. The molecule has 1 aromatic heterocycles. The molecule has 23 heavy (non-hydrogen) atoms. The second-order valence-corrected chi connectivity index (χ2v) is 6.07. The van der Waals surface area contributed by atoms with E-state index in [1.54, 1.807) is 4.90 Å². The normalized spacial score (nSPS) is 15.7. The van der Waals surface area contributed by atoms with Crippen molar-refractivity contribution in [1.29, 1.82) is 0 Å².